The molecule has 3 heteroatoms. The number of nitrogens with zero attached hydrogens (tertiary/aromatic N) is 2. The van der Waals surface area contributed by atoms with Gasteiger partial charge in [0.1, 0.15) is 0 Å². The normalized spacial score (nSPS) is 18.3. The van der Waals surface area contributed by atoms with E-state index in [1.165, 1.54) is 11.1 Å². The van der Waals surface area contributed by atoms with E-state index in [1.54, 1.807) is 0 Å². The minimum Gasteiger partial charge on any atom is -0.288 e. The van der Waals surface area contributed by atoms with Gasteiger partial charge in [-0.05, 0) is 22.6 Å². The van der Waals surface area contributed by atoms with E-state index in [4.69, 9.17) is 9.98 Å². The molecule has 0 aliphatic carbocycles. The van der Waals surface area contributed by atoms with E-state index < -0.39 is 0 Å². The van der Waals surface area contributed by atoms with Crippen molar-refractivity contribution in [2.24, 2.45) is 9.98 Å². The molecular weight excluding hydrogens is 535 g/mol. The topological polar surface area (TPSA) is 24.7 Å². The summed E-state index contributed by atoms with van der Waals surface area (Å²) in [5.41, 5.74) is 10.5. The van der Waals surface area contributed by atoms with Crippen LogP contribution < -0.4 is 0 Å². The van der Waals surface area contributed by atoms with Crippen molar-refractivity contribution in [2.45, 2.75) is 38.5 Å². The maximum Gasteiger partial charge on any atom is 2.00 e. The summed E-state index contributed by atoms with van der Waals surface area (Å²) >= 11 is 0. The first-order chi connectivity index (χ1) is 13.4. The van der Waals surface area contributed by atoms with Crippen LogP contribution in [0.2, 0.25) is 0 Å². The Morgan fingerprint density at radius 2 is 0.966 bits per heavy atom. The summed E-state index contributed by atoms with van der Waals surface area (Å²) in [6.07, 6.45) is 0. The SMILES string of the molecule is CC1(C)C2=Nc3c1ccc1c3N=C(c3[c-]c(ccc3)-c3[c-]c2ccc3)C1(C)C.[Pt+2]. The van der Waals surface area contributed by atoms with Crippen LogP contribution >= 0.6 is 0 Å². The van der Waals surface area contributed by atoms with Crippen LogP contribution in [-0.4, -0.2) is 11.4 Å². The van der Waals surface area contributed by atoms with Gasteiger partial charge in [0.05, 0.1) is 11.4 Å². The smallest absolute Gasteiger partial charge is 0.288 e. The van der Waals surface area contributed by atoms with E-state index in [9.17, 15) is 0 Å². The molecule has 0 unspecified atom stereocenters. The summed E-state index contributed by atoms with van der Waals surface area (Å²) in [4.78, 5) is 10.3. The second-order valence-corrected chi connectivity index (χ2v) is 8.98. The van der Waals surface area contributed by atoms with Crippen molar-refractivity contribution in [3.63, 3.8) is 0 Å². The first-order valence-electron chi connectivity index (χ1n) is 9.79. The quantitative estimate of drug-likeness (QED) is 0.300. The van der Waals surface area contributed by atoms with Gasteiger partial charge in [0.15, 0.2) is 0 Å². The van der Waals surface area contributed by atoms with Gasteiger partial charge in [-0.1, -0.05) is 39.8 Å². The molecule has 0 saturated heterocycles. The largest absolute Gasteiger partial charge is 2.00 e. The summed E-state index contributed by atoms with van der Waals surface area (Å²) in [6, 6.07) is 24.4. The average molecular weight is 556 g/mol. The Kier molecular flexibility index (Phi) is 3.78. The van der Waals surface area contributed by atoms with Gasteiger partial charge in [0.25, 0.3) is 0 Å². The zero-order chi connectivity index (χ0) is 19.3. The van der Waals surface area contributed by atoms with Gasteiger partial charge in [-0.3, -0.25) is 9.98 Å². The van der Waals surface area contributed by atoms with Gasteiger partial charge in [-0.15, -0.1) is 35.4 Å². The molecule has 0 atom stereocenters. The summed E-state index contributed by atoms with van der Waals surface area (Å²) < 4.78 is 0. The third-order valence-electron chi connectivity index (χ3n) is 6.52. The predicted octanol–water partition coefficient (Wildman–Crippen LogP) is 6.09. The van der Waals surface area contributed by atoms with Crippen molar-refractivity contribution in [3.05, 3.63) is 82.9 Å². The van der Waals surface area contributed by atoms with Crippen molar-refractivity contribution < 1.29 is 21.1 Å². The van der Waals surface area contributed by atoms with Crippen LogP contribution in [0.5, 0.6) is 0 Å². The number of fused-ring (bicyclic) bond motifs is 7. The number of benzene rings is 3. The molecule has 0 aromatic heterocycles. The minimum atomic E-state index is -0.182. The maximum absolute atomic E-state index is 5.15. The standard InChI is InChI=1S/C26H20N2.Pt/c1-25(2)19-11-12-20-22-21(19)27-23(25)17-9-5-7-15(13-17)16-8-6-10-18(14-16)24(28-22)26(20,3)4;/h5-12H,1-4H3;/q-2;+2. The van der Waals surface area contributed by atoms with E-state index >= 15 is 0 Å². The molecule has 3 aliphatic heterocycles. The van der Waals surface area contributed by atoms with E-state index in [2.05, 4.69) is 88.4 Å². The number of hydrogen-bond donors (Lipinski definition) is 0. The fourth-order valence-electron chi connectivity index (χ4n) is 4.90. The van der Waals surface area contributed by atoms with Crippen molar-refractivity contribution in [3.8, 4) is 11.1 Å². The van der Waals surface area contributed by atoms with Crippen molar-refractivity contribution in [1.29, 1.82) is 0 Å². The van der Waals surface area contributed by atoms with Crippen molar-refractivity contribution >= 4 is 22.8 Å². The monoisotopic (exact) mass is 555 g/mol. The molecule has 0 saturated carbocycles. The summed E-state index contributed by atoms with van der Waals surface area (Å²) in [5.74, 6) is 0. The average Bonchev–Trinajstić information content (AvgIpc) is 3.12. The molecule has 0 amide bonds. The molecule has 0 spiro atoms. The first-order valence-corrected chi connectivity index (χ1v) is 9.79. The Labute approximate surface area is 186 Å². The Morgan fingerprint density at radius 1 is 0.586 bits per heavy atom. The van der Waals surface area contributed by atoms with Crippen LogP contribution in [0, 0.1) is 12.1 Å². The van der Waals surface area contributed by atoms with E-state index in [0.29, 0.717) is 0 Å². The third-order valence-corrected chi connectivity index (χ3v) is 6.52. The molecule has 3 aromatic carbocycles. The molecule has 144 valence electrons. The Hall–Kier alpha value is -2.31. The Morgan fingerprint density at radius 3 is 1.38 bits per heavy atom. The second-order valence-electron chi connectivity index (χ2n) is 8.98. The molecule has 0 radical (unpaired) electrons. The third kappa shape index (κ3) is 2.33. The molecule has 0 N–H and O–H groups in total. The van der Waals surface area contributed by atoms with Gasteiger partial charge in [-0.2, -0.15) is 35.4 Å². The molecule has 3 aliphatic rings. The second kappa shape index (κ2) is 5.86. The van der Waals surface area contributed by atoms with Gasteiger partial charge < -0.3 is 0 Å². The summed E-state index contributed by atoms with van der Waals surface area (Å²) in [5, 5.41) is 0. The first kappa shape index (κ1) is 18.7. The maximum atomic E-state index is 5.15. The molecule has 29 heavy (non-hydrogen) atoms. The van der Waals surface area contributed by atoms with Gasteiger partial charge in [-0.25, -0.2) is 0 Å². The molecule has 2 nitrogen and oxygen atoms in total. The van der Waals surface area contributed by atoms with Crippen LogP contribution in [0.25, 0.3) is 11.1 Å². The molecule has 3 aromatic rings. The summed E-state index contributed by atoms with van der Waals surface area (Å²) in [7, 11) is 0. The Balaban J connectivity index is 0.00000181. The van der Waals surface area contributed by atoms with Crippen molar-refractivity contribution in [2.75, 3.05) is 0 Å². The van der Waals surface area contributed by atoms with E-state index in [-0.39, 0.29) is 31.9 Å². The van der Waals surface area contributed by atoms with Crippen molar-refractivity contribution in [1.82, 2.24) is 0 Å². The van der Waals surface area contributed by atoms with Gasteiger partial charge in [0.2, 0.25) is 0 Å². The number of rotatable bonds is 0. The van der Waals surface area contributed by atoms with Gasteiger partial charge in [0, 0.05) is 10.8 Å². The molecule has 3 heterocycles. The predicted molar refractivity (Wildman–Crippen MR) is 114 cm³/mol. The minimum absolute atomic E-state index is 0. The number of aliphatic imine (C=N–C) groups is 2. The van der Waals surface area contributed by atoms with E-state index in [1.807, 2.05) is 0 Å². The van der Waals surface area contributed by atoms with Crippen LogP contribution in [0.1, 0.15) is 49.9 Å². The molecule has 8 bridgehead atoms. The molecule has 6 rings (SSSR count). The molecular formula is C26H20N2Pt. The fourth-order valence-corrected chi connectivity index (χ4v) is 4.90. The van der Waals surface area contributed by atoms with Crippen LogP contribution in [-0.2, 0) is 31.9 Å². The zero-order valence-electron chi connectivity index (χ0n) is 16.8. The van der Waals surface area contributed by atoms with Crippen LogP contribution in [0.4, 0.5) is 11.4 Å². The van der Waals surface area contributed by atoms with E-state index in [0.717, 1.165) is 45.1 Å². The fraction of sp³-hybridized carbons (Fsp3) is 0.231. The van der Waals surface area contributed by atoms with Crippen LogP contribution in [0.15, 0.2) is 58.5 Å². The summed E-state index contributed by atoms with van der Waals surface area (Å²) in [6.45, 7) is 9.00. The van der Waals surface area contributed by atoms with Gasteiger partial charge >= 0.3 is 21.1 Å². The molecule has 0 fully saturated rings. The Bertz CT molecular complexity index is 1160. The van der Waals surface area contributed by atoms with Crippen LogP contribution in [0.3, 0.4) is 0 Å². The number of hydrogen-bond acceptors (Lipinski definition) is 2. The zero-order valence-corrected chi connectivity index (χ0v) is 19.1.